The van der Waals surface area contributed by atoms with Crippen LogP contribution >= 0.6 is 7.75 Å². The topological polar surface area (TPSA) is 140 Å². The number of unbranched alkanes of at least 4 members (excludes halogenated alkanes) is 1. The molecule has 4 rings (SSSR count). The van der Waals surface area contributed by atoms with Gasteiger partial charge in [-0.1, -0.05) is 38.0 Å². The second-order valence-electron chi connectivity index (χ2n) is 11.3. The second-order valence-corrected chi connectivity index (χ2v) is 13.0. The van der Waals surface area contributed by atoms with E-state index in [2.05, 4.69) is 10.1 Å². The highest BCUT2D eigenvalue weighted by molar-refractivity contribution is 7.52. The van der Waals surface area contributed by atoms with Crippen molar-refractivity contribution in [1.29, 1.82) is 0 Å². The SMILES string of the molecule is CCCC[C@H](CO[P@@](=O)(N[C@@H](C)C(=O)OC(C)C)Oc1ccc(C(F)(F)F)cc1)n1c(COCC)nc2c(N)nc3ccccc3c21. The van der Waals surface area contributed by atoms with Crippen molar-refractivity contribution in [2.45, 2.75) is 84.9 Å². The summed E-state index contributed by atoms with van der Waals surface area (Å²) < 4.78 is 78.7. The van der Waals surface area contributed by atoms with E-state index in [4.69, 9.17) is 29.2 Å². The Balaban J connectivity index is 1.76. The summed E-state index contributed by atoms with van der Waals surface area (Å²) in [6.07, 6.45) is -2.87. The zero-order valence-electron chi connectivity index (χ0n) is 27.0. The normalized spacial score (nSPS) is 14.7. The van der Waals surface area contributed by atoms with Crippen molar-refractivity contribution < 1.29 is 41.1 Å². The number of para-hydroxylation sites is 1. The summed E-state index contributed by atoms with van der Waals surface area (Å²) in [6.45, 7) is 9.04. The number of hydrogen-bond acceptors (Lipinski definition) is 9. The summed E-state index contributed by atoms with van der Waals surface area (Å²) in [6, 6.07) is 9.55. The van der Waals surface area contributed by atoms with Gasteiger partial charge in [-0.2, -0.15) is 18.3 Å². The highest BCUT2D eigenvalue weighted by Crippen LogP contribution is 2.47. The lowest BCUT2D eigenvalue weighted by molar-refractivity contribution is -0.149. The lowest BCUT2D eigenvalue weighted by Crippen LogP contribution is -2.36. The molecule has 0 aliphatic carbocycles. The molecule has 0 unspecified atom stereocenters. The molecule has 0 radical (unpaired) electrons. The van der Waals surface area contributed by atoms with Gasteiger partial charge in [0, 0.05) is 12.0 Å². The number of ether oxygens (including phenoxy) is 2. The van der Waals surface area contributed by atoms with Gasteiger partial charge in [-0.15, -0.1) is 0 Å². The number of hydrogen-bond donors (Lipinski definition) is 2. The zero-order valence-corrected chi connectivity index (χ0v) is 27.9. The van der Waals surface area contributed by atoms with Crippen LogP contribution in [0.3, 0.4) is 0 Å². The highest BCUT2D eigenvalue weighted by atomic mass is 31.2. The molecule has 0 fully saturated rings. The predicted molar refractivity (Wildman–Crippen MR) is 173 cm³/mol. The number of carbonyl (C=O) groups excluding carboxylic acids is 1. The summed E-state index contributed by atoms with van der Waals surface area (Å²) in [5.74, 6) is -0.0766. The zero-order chi connectivity index (χ0) is 34.4. The molecule has 0 aliphatic heterocycles. The first-order valence-corrected chi connectivity index (χ1v) is 17.0. The van der Waals surface area contributed by atoms with Crippen LogP contribution in [0.1, 0.15) is 71.3 Å². The number of halogens is 3. The molecule has 0 bridgehead atoms. The Morgan fingerprint density at radius 1 is 1.06 bits per heavy atom. The fourth-order valence-electron chi connectivity index (χ4n) is 5.03. The van der Waals surface area contributed by atoms with Crippen molar-refractivity contribution in [3.8, 4) is 5.75 Å². The number of nitrogens with two attached hydrogens (primary N) is 1. The molecule has 2 aromatic carbocycles. The highest BCUT2D eigenvalue weighted by Gasteiger charge is 2.35. The first-order valence-electron chi connectivity index (χ1n) is 15.5. The molecule has 47 heavy (non-hydrogen) atoms. The average molecular weight is 680 g/mol. The largest absolute Gasteiger partial charge is 0.462 e. The smallest absolute Gasteiger partial charge is 0.459 e. The number of nitrogen functional groups attached to an aromatic ring is 1. The molecule has 0 saturated carbocycles. The number of nitrogens with zero attached hydrogens (tertiary/aromatic N) is 3. The van der Waals surface area contributed by atoms with Gasteiger partial charge >= 0.3 is 19.9 Å². The number of esters is 1. The number of pyridine rings is 1. The van der Waals surface area contributed by atoms with E-state index in [-0.39, 0.29) is 24.8 Å². The maximum Gasteiger partial charge on any atom is 0.459 e. The summed E-state index contributed by atoms with van der Waals surface area (Å²) in [5.41, 5.74) is 7.30. The van der Waals surface area contributed by atoms with Crippen molar-refractivity contribution in [3.05, 3.63) is 59.9 Å². The Hall–Kier alpha value is -3.71. The molecule has 0 spiro atoms. The van der Waals surface area contributed by atoms with E-state index in [1.165, 1.54) is 6.92 Å². The molecule has 3 N–H and O–H groups in total. The summed E-state index contributed by atoms with van der Waals surface area (Å²) in [7, 11) is -4.43. The van der Waals surface area contributed by atoms with Crippen LogP contribution in [0.25, 0.3) is 21.9 Å². The predicted octanol–water partition coefficient (Wildman–Crippen LogP) is 7.59. The molecule has 0 saturated heterocycles. The quantitative estimate of drug-likeness (QED) is 0.0899. The van der Waals surface area contributed by atoms with Crippen LogP contribution in [0.5, 0.6) is 5.75 Å². The molecule has 11 nitrogen and oxygen atoms in total. The molecule has 2 aromatic heterocycles. The Morgan fingerprint density at radius 3 is 2.40 bits per heavy atom. The minimum absolute atomic E-state index is 0.150. The van der Waals surface area contributed by atoms with Gasteiger partial charge < -0.3 is 24.3 Å². The van der Waals surface area contributed by atoms with Crippen molar-refractivity contribution in [1.82, 2.24) is 19.6 Å². The summed E-state index contributed by atoms with van der Waals surface area (Å²) >= 11 is 0. The van der Waals surface area contributed by atoms with Crippen LogP contribution in [0, 0.1) is 0 Å². The summed E-state index contributed by atoms with van der Waals surface area (Å²) in [4.78, 5) is 22.0. The van der Waals surface area contributed by atoms with Gasteiger partial charge in [0.2, 0.25) is 0 Å². The van der Waals surface area contributed by atoms with E-state index in [1.54, 1.807) is 13.8 Å². The van der Waals surface area contributed by atoms with Gasteiger partial charge in [0.25, 0.3) is 0 Å². The average Bonchev–Trinajstić information content (AvgIpc) is 3.39. The molecule has 256 valence electrons. The molecular weight excluding hydrogens is 638 g/mol. The Bertz CT molecular complexity index is 1710. The number of benzene rings is 2. The fraction of sp³-hybridized carbons (Fsp3) is 0.469. The van der Waals surface area contributed by atoms with E-state index in [9.17, 15) is 22.5 Å². The van der Waals surface area contributed by atoms with Gasteiger partial charge in [-0.3, -0.25) is 9.32 Å². The number of carbonyl (C=O) groups is 1. The molecule has 3 atom stereocenters. The van der Waals surface area contributed by atoms with Gasteiger partial charge in [0.05, 0.1) is 35.3 Å². The van der Waals surface area contributed by atoms with Gasteiger partial charge in [0.15, 0.2) is 5.82 Å². The number of imidazole rings is 1. The van der Waals surface area contributed by atoms with Crippen molar-refractivity contribution in [3.63, 3.8) is 0 Å². The van der Waals surface area contributed by atoms with Crippen molar-refractivity contribution in [2.75, 3.05) is 18.9 Å². The molecule has 0 aliphatic rings. The third-order valence-corrected chi connectivity index (χ3v) is 8.86. The number of rotatable bonds is 16. The lowest BCUT2D eigenvalue weighted by Gasteiger charge is -2.27. The number of aromatic nitrogens is 3. The van der Waals surface area contributed by atoms with E-state index in [0.29, 0.717) is 35.4 Å². The minimum atomic E-state index is -4.57. The van der Waals surface area contributed by atoms with Gasteiger partial charge in [-0.05, 0) is 64.4 Å². The molecule has 4 aromatic rings. The molecular formula is C32H41F3N5O6P. The van der Waals surface area contributed by atoms with E-state index in [1.807, 2.05) is 42.7 Å². The third-order valence-electron chi connectivity index (χ3n) is 7.22. The minimum Gasteiger partial charge on any atom is -0.462 e. The van der Waals surface area contributed by atoms with E-state index < -0.39 is 43.6 Å². The van der Waals surface area contributed by atoms with Crippen molar-refractivity contribution in [2.24, 2.45) is 0 Å². The van der Waals surface area contributed by atoms with E-state index in [0.717, 1.165) is 42.5 Å². The Labute approximate surface area is 271 Å². The molecule has 0 amide bonds. The van der Waals surface area contributed by atoms with Crippen LogP contribution < -0.4 is 15.3 Å². The monoisotopic (exact) mass is 679 g/mol. The van der Waals surface area contributed by atoms with Crippen LogP contribution in [-0.2, 0) is 36.1 Å². The summed E-state index contributed by atoms with van der Waals surface area (Å²) in [5, 5.41) is 3.40. The first-order chi connectivity index (χ1) is 22.3. The number of alkyl halides is 3. The first kappa shape index (κ1) is 36.1. The van der Waals surface area contributed by atoms with Gasteiger partial charge in [0.1, 0.15) is 29.7 Å². The standard InChI is InChI=1S/C32H41F3N5O6P/c1-6-8-11-23(40-27(19-43-7-2)38-28-29(40)25-12-9-10-13-26(25)37-30(28)36)18-44-47(42,39-21(5)31(41)45-20(3)4)46-24-16-14-22(15-17-24)32(33,34)35/h9-10,12-17,20-21,23H,6-8,11,18-19H2,1-5H3,(H2,36,37)(H,39,42)/t21-,23+,47-/m0/s1. The van der Waals surface area contributed by atoms with E-state index >= 15 is 0 Å². The molecule has 15 heteroatoms. The van der Waals surface area contributed by atoms with Crippen LogP contribution in [-0.4, -0.2) is 45.9 Å². The third kappa shape index (κ3) is 9.01. The Kier molecular flexibility index (Phi) is 11.9. The number of nitrogens with one attached hydrogen (secondary N) is 1. The maximum absolute atomic E-state index is 14.3. The second kappa shape index (κ2) is 15.5. The van der Waals surface area contributed by atoms with Crippen molar-refractivity contribution >= 4 is 41.5 Å². The van der Waals surface area contributed by atoms with Crippen LogP contribution in [0.4, 0.5) is 19.0 Å². The number of anilines is 1. The van der Waals surface area contributed by atoms with Crippen LogP contribution in [0.15, 0.2) is 48.5 Å². The molecule has 2 heterocycles. The number of fused-ring (bicyclic) bond motifs is 3. The van der Waals surface area contributed by atoms with Gasteiger partial charge in [-0.25, -0.2) is 14.5 Å². The fourth-order valence-corrected chi connectivity index (χ4v) is 6.55. The lowest BCUT2D eigenvalue weighted by atomic mass is 10.1. The maximum atomic E-state index is 14.3. The Morgan fingerprint density at radius 2 is 1.77 bits per heavy atom. The van der Waals surface area contributed by atoms with Crippen LogP contribution in [0.2, 0.25) is 0 Å².